The lowest BCUT2D eigenvalue weighted by Crippen LogP contribution is -2.28. The molecule has 1 atom stereocenters. The van der Waals surface area contributed by atoms with Crippen LogP contribution < -0.4 is 4.74 Å². The summed E-state index contributed by atoms with van der Waals surface area (Å²) in [4.78, 5) is 14.5. The molecule has 0 radical (unpaired) electrons. The van der Waals surface area contributed by atoms with Crippen LogP contribution in [0.1, 0.15) is 30.6 Å². The topological polar surface area (TPSA) is 29.5 Å². The Balaban J connectivity index is 1.97. The van der Waals surface area contributed by atoms with Crippen LogP contribution in [0.3, 0.4) is 0 Å². The van der Waals surface area contributed by atoms with Gasteiger partial charge in [0, 0.05) is 12.1 Å². The van der Waals surface area contributed by atoms with E-state index >= 15 is 0 Å². The van der Waals surface area contributed by atoms with Gasteiger partial charge >= 0.3 is 0 Å². The van der Waals surface area contributed by atoms with E-state index in [0.717, 1.165) is 13.1 Å². The number of carbonyl (C=O) groups excluding carboxylic acids is 1. The van der Waals surface area contributed by atoms with E-state index in [4.69, 9.17) is 16.3 Å². The Bertz CT molecular complexity index is 487. The number of halogens is 1. The second-order valence-corrected chi connectivity index (χ2v) is 6.21. The molecule has 1 fully saturated rings. The van der Waals surface area contributed by atoms with Gasteiger partial charge in [0.25, 0.3) is 0 Å². The van der Waals surface area contributed by atoms with Gasteiger partial charge in [-0.1, -0.05) is 25.4 Å². The average Bonchev–Trinajstić information content (AvgIpc) is 2.87. The zero-order chi connectivity index (χ0) is 14.7. The summed E-state index contributed by atoms with van der Waals surface area (Å²) in [6.45, 7) is 7.01. The number of methoxy groups -OCH3 is 1. The second-order valence-electron chi connectivity index (χ2n) is 5.80. The fourth-order valence-electron chi connectivity index (χ4n) is 2.68. The van der Waals surface area contributed by atoms with Gasteiger partial charge in [-0.25, -0.2) is 0 Å². The molecule has 0 N–H and O–H groups in total. The maximum absolute atomic E-state index is 12.3. The van der Waals surface area contributed by atoms with Gasteiger partial charge in [-0.3, -0.25) is 9.69 Å². The Morgan fingerprint density at radius 2 is 2.25 bits per heavy atom. The highest BCUT2D eigenvalue weighted by Gasteiger charge is 2.26. The summed E-state index contributed by atoms with van der Waals surface area (Å²) in [5.41, 5.74) is 0.656. The summed E-state index contributed by atoms with van der Waals surface area (Å²) < 4.78 is 5.10. The highest BCUT2D eigenvalue weighted by Crippen LogP contribution is 2.26. The van der Waals surface area contributed by atoms with Crippen molar-refractivity contribution < 1.29 is 9.53 Å². The van der Waals surface area contributed by atoms with Crippen LogP contribution in [0.2, 0.25) is 5.02 Å². The van der Waals surface area contributed by atoms with Crippen molar-refractivity contribution in [2.45, 2.75) is 20.3 Å². The summed E-state index contributed by atoms with van der Waals surface area (Å²) in [6, 6.07) is 5.22. The largest absolute Gasteiger partial charge is 0.495 e. The fourth-order valence-corrected chi connectivity index (χ4v) is 2.94. The molecule has 0 amide bonds. The zero-order valence-corrected chi connectivity index (χ0v) is 13.1. The van der Waals surface area contributed by atoms with Crippen LogP contribution >= 0.6 is 11.6 Å². The number of rotatable bonds is 5. The Morgan fingerprint density at radius 1 is 1.50 bits per heavy atom. The Kier molecular flexibility index (Phi) is 5.06. The Labute approximate surface area is 125 Å². The van der Waals surface area contributed by atoms with E-state index < -0.39 is 0 Å². The van der Waals surface area contributed by atoms with E-state index in [2.05, 4.69) is 18.7 Å². The van der Waals surface area contributed by atoms with Gasteiger partial charge in [-0.2, -0.15) is 0 Å². The van der Waals surface area contributed by atoms with Crippen LogP contribution in [0.15, 0.2) is 18.2 Å². The smallest absolute Gasteiger partial charge is 0.176 e. The van der Waals surface area contributed by atoms with E-state index in [1.807, 2.05) is 0 Å². The van der Waals surface area contributed by atoms with Gasteiger partial charge in [0.05, 0.1) is 18.7 Å². The predicted molar refractivity (Wildman–Crippen MR) is 81.7 cm³/mol. The molecule has 0 spiro atoms. The SMILES string of the molecule is COc1ccc(C(=O)CN2CCC(C(C)C)C2)cc1Cl. The first-order chi connectivity index (χ1) is 9.51. The highest BCUT2D eigenvalue weighted by atomic mass is 35.5. The molecule has 1 aromatic carbocycles. The molecule has 1 heterocycles. The minimum absolute atomic E-state index is 0.124. The van der Waals surface area contributed by atoms with Gasteiger partial charge < -0.3 is 4.74 Å². The molecule has 110 valence electrons. The van der Waals surface area contributed by atoms with Crippen molar-refractivity contribution in [2.24, 2.45) is 11.8 Å². The molecule has 1 saturated heterocycles. The number of likely N-dealkylation sites (tertiary alicyclic amines) is 1. The van der Waals surface area contributed by atoms with E-state index in [1.54, 1.807) is 25.3 Å². The van der Waals surface area contributed by atoms with E-state index in [-0.39, 0.29) is 5.78 Å². The van der Waals surface area contributed by atoms with Crippen LogP contribution in [0, 0.1) is 11.8 Å². The summed E-state index contributed by atoms with van der Waals surface area (Å²) in [5, 5.41) is 0.486. The van der Waals surface area contributed by atoms with Crippen LogP contribution in [0.5, 0.6) is 5.75 Å². The number of ether oxygens (including phenoxy) is 1. The van der Waals surface area contributed by atoms with Crippen molar-refractivity contribution in [3.05, 3.63) is 28.8 Å². The van der Waals surface area contributed by atoms with E-state index in [9.17, 15) is 4.79 Å². The Hall–Kier alpha value is -1.06. The summed E-state index contributed by atoms with van der Waals surface area (Å²) in [6.07, 6.45) is 1.19. The molecular weight excluding hydrogens is 274 g/mol. The normalized spacial score (nSPS) is 19.6. The lowest BCUT2D eigenvalue weighted by molar-refractivity contribution is 0.0942. The van der Waals surface area contributed by atoms with Crippen molar-refractivity contribution in [1.29, 1.82) is 0 Å². The van der Waals surface area contributed by atoms with Crippen molar-refractivity contribution in [2.75, 3.05) is 26.7 Å². The molecular formula is C16H22ClNO2. The van der Waals surface area contributed by atoms with Gasteiger partial charge in [-0.05, 0) is 43.0 Å². The molecule has 0 aromatic heterocycles. The third-order valence-electron chi connectivity index (χ3n) is 4.09. The maximum atomic E-state index is 12.3. The number of nitrogens with zero attached hydrogens (tertiary/aromatic N) is 1. The number of benzene rings is 1. The Morgan fingerprint density at radius 3 is 2.80 bits per heavy atom. The second kappa shape index (κ2) is 6.59. The van der Waals surface area contributed by atoms with Gasteiger partial charge in [0.2, 0.25) is 0 Å². The van der Waals surface area contributed by atoms with E-state index in [1.165, 1.54) is 6.42 Å². The summed E-state index contributed by atoms with van der Waals surface area (Å²) in [7, 11) is 1.57. The third kappa shape index (κ3) is 3.53. The zero-order valence-electron chi connectivity index (χ0n) is 12.4. The maximum Gasteiger partial charge on any atom is 0.176 e. The van der Waals surface area contributed by atoms with E-state index in [0.29, 0.717) is 34.7 Å². The minimum Gasteiger partial charge on any atom is -0.495 e. The monoisotopic (exact) mass is 295 g/mol. The number of carbonyl (C=O) groups is 1. The molecule has 1 aliphatic rings. The minimum atomic E-state index is 0.124. The van der Waals surface area contributed by atoms with Gasteiger partial charge in [0.15, 0.2) is 5.78 Å². The predicted octanol–water partition coefficient (Wildman–Crippen LogP) is 3.51. The summed E-state index contributed by atoms with van der Waals surface area (Å²) in [5.74, 6) is 2.12. The standard InChI is InChI=1S/C16H22ClNO2/c1-11(2)13-6-7-18(9-13)10-15(19)12-4-5-16(20-3)14(17)8-12/h4-5,8,11,13H,6-7,9-10H2,1-3H3. The quantitative estimate of drug-likeness (QED) is 0.779. The van der Waals surface area contributed by atoms with Crippen LogP contribution in [-0.4, -0.2) is 37.4 Å². The fraction of sp³-hybridized carbons (Fsp3) is 0.562. The molecule has 2 rings (SSSR count). The first kappa shape index (κ1) is 15.3. The molecule has 4 heteroatoms. The molecule has 20 heavy (non-hydrogen) atoms. The molecule has 0 saturated carbocycles. The van der Waals surface area contributed by atoms with Crippen molar-refractivity contribution in [3.8, 4) is 5.75 Å². The van der Waals surface area contributed by atoms with Crippen LogP contribution in [0.4, 0.5) is 0 Å². The average molecular weight is 296 g/mol. The lowest BCUT2D eigenvalue weighted by Gasteiger charge is -2.17. The molecule has 0 bridgehead atoms. The highest BCUT2D eigenvalue weighted by molar-refractivity contribution is 6.32. The van der Waals surface area contributed by atoms with Crippen molar-refractivity contribution >= 4 is 17.4 Å². The van der Waals surface area contributed by atoms with Crippen LogP contribution in [-0.2, 0) is 0 Å². The van der Waals surface area contributed by atoms with Crippen LogP contribution in [0.25, 0.3) is 0 Å². The summed E-state index contributed by atoms with van der Waals surface area (Å²) >= 11 is 6.06. The first-order valence-corrected chi connectivity index (χ1v) is 7.48. The molecule has 0 aliphatic carbocycles. The first-order valence-electron chi connectivity index (χ1n) is 7.10. The molecule has 1 unspecified atom stereocenters. The van der Waals surface area contributed by atoms with Gasteiger partial charge in [-0.15, -0.1) is 0 Å². The van der Waals surface area contributed by atoms with Crippen molar-refractivity contribution in [3.63, 3.8) is 0 Å². The van der Waals surface area contributed by atoms with Crippen molar-refractivity contribution in [1.82, 2.24) is 4.90 Å². The number of hydrogen-bond acceptors (Lipinski definition) is 3. The molecule has 3 nitrogen and oxygen atoms in total. The number of hydrogen-bond donors (Lipinski definition) is 0. The lowest BCUT2D eigenvalue weighted by atomic mass is 9.95. The molecule has 1 aromatic rings. The number of ketones is 1. The van der Waals surface area contributed by atoms with Gasteiger partial charge in [0.1, 0.15) is 5.75 Å². The molecule has 1 aliphatic heterocycles. The number of Topliss-reactive ketones (excluding diaryl/α,β-unsaturated/α-hetero) is 1. The third-order valence-corrected chi connectivity index (χ3v) is 4.39.